The predicted molar refractivity (Wildman–Crippen MR) is 129 cm³/mol. The molecule has 0 saturated carbocycles. The Morgan fingerprint density at radius 3 is 2.22 bits per heavy atom. The van der Waals surface area contributed by atoms with Crippen LogP contribution < -0.4 is 0 Å². The Morgan fingerprint density at radius 2 is 1.56 bits per heavy atom. The molecule has 1 atom stereocenters. The number of ether oxygens (including phenoxy) is 2. The second-order valence-electron chi connectivity index (χ2n) is 9.20. The Morgan fingerprint density at radius 1 is 0.889 bits per heavy atom. The molecule has 0 bridgehead atoms. The number of nitrogens with zero attached hydrogens (tertiary/aromatic N) is 3. The summed E-state index contributed by atoms with van der Waals surface area (Å²) in [4.78, 5) is 45.1. The summed E-state index contributed by atoms with van der Waals surface area (Å²) in [5.41, 5.74) is -0.433. The van der Waals surface area contributed by atoms with E-state index in [9.17, 15) is 18.8 Å². The van der Waals surface area contributed by atoms with Crippen molar-refractivity contribution in [1.82, 2.24) is 14.7 Å². The van der Waals surface area contributed by atoms with Gasteiger partial charge in [0.05, 0.1) is 19.8 Å². The van der Waals surface area contributed by atoms with E-state index in [0.717, 1.165) is 0 Å². The number of likely N-dealkylation sites (tertiary alicyclic amines) is 1. The maximum absolute atomic E-state index is 14.0. The molecule has 36 heavy (non-hydrogen) atoms. The fourth-order valence-electron chi connectivity index (χ4n) is 5.17. The highest BCUT2D eigenvalue weighted by atomic mass is 35.5. The van der Waals surface area contributed by atoms with Gasteiger partial charge in [-0.25, -0.2) is 4.39 Å². The van der Waals surface area contributed by atoms with E-state index in [1.165, 1.54) is 29.2 Å². The van der Waals surface area contributed by atoms with Crippen LogP contribution in [-0.4, -0.2) is 90.2 Å². The molecule has 3 aliphatic heterocycles. The zero-order valence-electron chi connectivity index (χ0n) is 19.7. The molecule has 3 saturated heterocycles. The Labute approximate surface area is 213 Å². The van der Waals surface area contributed by atoms with Gasteiger partial charge in [0.15, 0.2) is 0 Å². The minimum atomic E-state index is -1.07. The molecule has 3 amide bonds. The predicted octanol–water partition coefficient (Wildman–Crippen LogP) is 2.81. The lowest BCUT2D eigenvalue weighted by molar-refractivity contribution is -0.141. The largest absolute Gasteiger partial charge is 0.378 e. The minimum Gasteiger partial charge on any atom is -0.378 e. The molecule has 0 radical (unpaired) electrons. The number of morpholine rings is 1. The molecule has 5 rings (SSSR count). The summed E-state index contributed by atoms with van der Waals surface area (Å²) in [5, 5.41) is 0.477. The summed E-state index contributed by atoms with van der Waals surface area (Å²) in [6.07, 6.45) is 0.653. The van der Waals surface area contributed by atoms with Gasteiger partial charge in [0, 0.05) is 55.2 Å². The van der Waals surface area contributed by atoms with E-state index in [0.29, 0.717) is 62.8 Å². The van der Waals surface area contributed by atoms with Gasteiger partial charge < -0.3 is 19.3 Å². The first-order chi connectivity index (χ1) is 17.4. The van der Waals surface area contributed by atoms with E-state index in [1.807, 2.05) is 0 Å². The molecule has 1 spiro atoms. The topological polar surface area (TPSA) is 79.4 Å². The zero-order chi connectivity index (χ0) is 25.3. The average Bonchev–Trinajstić information content (AvgIpc) is 3.26. The van der Waals surface area contributed by atoms with E-state index >= 15 is 0 Å². The first kappa shape index (κ1) is 24.7. The quantitative estimate of drug-likeness (QED) is 0.628. The number of carbonyl (C=O) groups excluding carboxylic acids is 3. The average molecular weight is 516 g/mol. The molecule has 2 aromatic carbocycles. The van der Waals surface area contributed by atoms with Crippen LogP contribution in [0, 0.1) is 5.82 Å². The van der Waals surface area contributed by atoms with Crippen LogP contribution in [0.15, 0.2) is 48.5 Å². The van der Waals surface area contributed by atoms with Crippen molar-refractivity contribution in [3.63, 3.8) is 0 Å². The number of halogens is 2. The van der Waals surface area contributed by atoms with Crippen molar-refractivity contribution >= 4 is 29.3 Å². The smallest absolute Gasteiger partial charge is 0.256 e. The van der Waals surface area contributed by atoms with Crippen LogP contribution in [-0.2, 0) is 14.3 Å². The molecule has 0 aliphatic carbocycles. The van der Waals surface area contributed by atoms with Crippen molar-refractivity contribution in [1.29, 1.82) is 0 Å². The normalized spacial score (nSPS) is 21.6. The standard InChI is InChI=1S/C26H27ClFN3O5/c27-20-5-1-3-18(15-20)23(32)29-9-7-26(8-10-29)31(24(33)19-4-2-6-21(28)16-19)22(17-36-26)25(34)30-11-13-35-14-12-30/h1-6,15-16,22H,7-14,17H2/t22-/m0/s1. The Bertz CT molecular complexity index is 1160. The van der Waals surface area contributed by atoms with E-state index in [-0.39, 0.29) is 24.0 Å². The lowest BCUT2D eigenvalue weighted by atomic mass is 9.96. The van der Waals surface area contributed by atoms with E-state index < -0.39 is 23.5 Å². The molecule has 2 aromatic rings. The Hall–Kier alpha value is -3.01. The molecule has 8 nitrogen and oxygen atoms in total. The summed E-state index contributed by atoms with van der Waals surface area (Å²) in [5.74, 6) is -1.37. The van der Waals surface area contributed by atoms with Crippen LogP contribution in [0.4, 0.5) is 4.39 Å². The van der Waals surface area contributed by atoms with E-state index in [2.05, 4.69) is 0 Å². The van der Waals surface area contributed by atoms with Gasteiger partial charge in [0.2, 0.25) is 5.91 Å². The minimum absolute atomic E-state index is 0.0412. The Kier molecular flexibility index (Phi) is 6.96. The van der Waals surface area contributed by atoms with Gasteiger partial charge in [-0.05, 0) is 36.4 Å². The number of rotatable bonds is 3. The van der Waals surface area contributed by atoms with Gasteiger partial charge in [-0.15, -0.1) is 0 Å². The lowest BCUT2D eigenvalue weighted by Crippen LogP contribution is -2.60. The molecular weight excluding hydrogens is 489 g/mol. The molecule has 190 valence electrons. The van der Waals surface area contributed by atoms with Crippen molar-refractivity contribution in [3.05, 3.63) is 70.5 Å². The van der Waals surface area contributed by atoms with Crippen molar-refractivity contribution in [3.8, 4) is 0 Å². The summed E-state index contributed by atoms with van der Waals surface area (Å²) in [7, 11) is 0. The highest BCUT2D eigenvalue weighted by Crippen LogP contribution is 2.39. The second-order valence-corrected chi connectivity index (χ2v) is 9.64. The summed E-state index contributed by atoms with van der Waals surface area (Å²) in [6.45, 7) is 2.44. The molecular formula is C26H27ClFN3O5. The number of hydrogen-bond acceptors (Lipinski definition) is 5. The maximum Gasteiger partial charge on any atom is 0.256 e. The van der Waals surface area contributed by atoms with E-state index in [4.69, 9.17) is 21.1 Å². The number of carbonyl (C=O) groups is 3. The van der Waals surface area contributed by atoms with Crippen LogP contribution in [0.5, 0.6) is 0 Å². The third-order valence-corrected chi connectivity index (χ3v) is 7.30. The van der Waals surface area contributed by atoms with Crippen LogP contribution in [0.1, 0.15) is 33.6 Å². The third-order valence-electron chi connectivity index (χ3n) is 7.06. The number of piperidine rings is 1. The molecule has 3 aliphatic rings. The van der Waals surface area contributed by atoms with Gasteiger partial charge in [0.25, 0.3) is 11.8 Å². The number of benzene rings is 2. The van der Waals surface area contributed by atoms with Gasteiger partial charge in [0.1, 0.15) is 17.6 Å². The van der Waals surface area contributed by atoms with Crippen molar-refractivity contribution < 1.29 is 28.2 Å². The molecule has 10 heteroatoms. The monoisotopic (exact) mass is 515 g/mol. The van der Waals surface area contributed by atoms with Gasteiger partial charge in [-0.2, -0.15) is 0 Å². The van der Waals surface area contributed by atoms with Crippen molar-refractivity contribution in [2.45, 2.75) is 24.6 Å². The maximum atomic E-state index is 14.0. The summed E-state index contributed by atoms with van der Waals surface area (Å²) >= 11 is 6.05. The van der Waals surface area contributed by atoms with Crippen LogP contribution >= 0.6 is 11.6 Å². The molecule has 3 heterocycles. The molecule has 0 aromatic heterocycles. The van der Waals surface area contributed by atoms with Crippen LogP contribution in [0.2, 0.25) is 5.02 Å². The zero-order valence-corrected chi connectivity index (χ0v) is 20.5. The fraction of sp³-hybridized carbons (Fsp3) is 0.423. The molecule has 3 fully saturated rings. The summed E-state index contributed by atoms with van der Waals surface area (Å²) in [6, 6.07) is 11.4. The first-order valence-electron chi connectivity index (χ1n) is 12.0. The first-order valence-corrected chi connectivity index (χ1v) is 12.4. The number of amides is 3. The SMILES string of the molecule is O=C(c1cccc(Cl)c1)N1CCC2(CC1)OC[C@@H](C(=O)N1CCOCC1)N2C(=O)c1cccc(F)c1. The van der Waals surface area contributed by atoms with Gasteiger partial charge >= 0.3 is 0 Å². The lowest BCUT2D eigenvalue weighted by Gasteiger charge is -2.45. The molecule has 0 unspecified atom stereocenters. The fourth-order valence-corrected chi connectivity index (χ4v) is 5.36. The second kappa shape index (κ2) is 10.2. The van der Waals surface area contributed by atoms with E-state index in [1.54, 1.807) is 34.1 Å². The van der Waals surface area contributed by atoms with Gasteiger partial charge in [-0.1, -0.05) is 23.7 Å². The Balaban J connectivity index is 1.40. The highest BCUT2D eigenvalue weighted by Gasteiger charge is 2.55. The van der Waals surface area contributed by atoms with Crippen LogP contribution in [0.3, 0.4) is 0 Å². The van der Waals surface area contributed by atoms with Crippen molar-refractivity contribution in [2.24, 2.45) is 0 Å². The van der Waals surface area contributed by atoms with Crippen LogP contribution in [0.25, 0.3) is 0 Å². The highest BCUT2D eigenvalue weighted by molar-refractivity contribution is 6.30. The molecule has 0 N–H and O–H groups in total. The summed E-state index contributed by atoms with van der Waals surface area (Å²) < 4.78 is 25.6. The van der Waals surface area contributed by atoms with Crippen molar-refractivity contribution in [2.75, 3.05) is 46.0 Å². The number of hydrogen-bond donors (Lipinski definition) is 0. The van der Waals surface area contributed by atoms with Gasteiger partial charge in [-0.3, -0.25) is 19.3 Å². The third kappa shape index (κ3) is 4.70.